The Balaban J connectivity index is 2.48. The average Bonchev–Trinajstić information content (AvgIpc) is 3.21. The van der Waals surface area contributed by atoms with Gasteiger partial charge in [0.25, 0.3) is 0 Å². The summed E-state index contributed by atoms with van der Waals surface area (Å²) < 4.78 is 33.5. The molecule has 0 amide bonds. The van der Waals surface area contributed by atoms with Gasteiger partial charge >= 0.3 is 19.8 Å². The van der Waals surface area contributed by atoms with E-state index in [-0.39, 0.29) is 12.8 Å². The van der Waals surface area contributed by atoms with Gasteiger partial charge in [-0.15, -0.1) is 0 Å². The summed E-state index contributed by atoms with van der Waals surface area (Å²) in [5.74, 6) is -1.12. The van der Waals surface area contributed by atoms with E-state index in [1.807, 2.05) is 0 Å². The molecule has 0 aromatic rings. The standard InChI is InChI=1S/C45H81O13P/c1-3-5-7-9-11-13-15-17-19-20-22-24-26-28-30-32-34-39(47)57-37(36-56-59(53,54)58-45-43(51)41(49)40(48)42(50)44(45)52)35-55-38(46)33-31-29-27-25-23-21-18-16-14-12-10-8-6-4-2/h10,12,16,18-20,37,40-45,48-52H,3-9,11,13-15,17,21-36H2,1-2H3,(H,53,54)/b12-10-,18-16-,20-19-/t37-,40?,41-,42?,43?,44?,45?/m1/s1. The summed E-state index contributed by atoms with van der Waals surface area (Å²) in [5.41, 5.74) is 0. The highest BCUT2D eigenvalue weighted by Crippen LogP contribution is 2.47. The van der Waals surface area contributed by atoms with Gasteiger partial charge in [0, 0.05) is 12.8 Å². The fraction of sp³-hybridized carbons (Fsp3) is 0.822. The van der Waals surface area contributed by atoms with Gasteiger partial charge in [-0.25, -0.2) is 4.57 Å². The van der Waals surface area contributed by atoms with Gasteiger partial charge in [-0.1, -0.05) is 140 Å². The Bertz CT molecular complexity index is 1180. The second-order valence-corrected chi connectivity index (χ2v) is 17.3. The van der Waals surface area contributed by atoms with Crippen molar-refractivity contribution in [2.24, 2.45) is 0 Å². The SMILES string of the molecule is CCCC/C=C\C/C=C\CCCCCCCC(=O)OC[C@H](COP(=O)(O)OC1C(O)C(O)C(O)[C@@H](O)C1O)OC(=O)CCCCCCC/C=C\CCCCCCCCC. The number of phosphoric ester groups is 1. The van der Waals surface area contributed by atoms with Crippen LogP contribution < -0.4 is 0 Å². The highest BCUT2D eigenvalue weighted by molar-refractivity contribution is 7.47. The van der Waals surface area contributed by atoms with Crippen LogP contribution in [0.15, 0.2) is 36.5 Å². The van der Waals surface area contributed by atoms with Crippen molar-refractivity contribution in [2.75, 3.05) is 13.2 Å². The number of ether oxygens (including phenoxy) is 2. The molecule has 0 saturated heterocycles. The van der Waals surface area contributed by atoms with Gasteiger partial charge in [-0.3, -0.25) is 18.6 Å². The minimum Gasteiger partial charge on any atom is -0.462 e. The van der Waals surface area contributed by atoms with Crippen LogP contribution in [0.4, 0.5) is 0 Å². The van der Waals surface area contributed by atoms with Crippen molar-refractivity contribution in [3.05, 3.63) is 36.5 Å². The predicted molar refractivity (Wildman–Crippen MR) is 230 cm³/mol. The van der Waals surface area contributed by atoms with E-state index < -0.39 is 75.7 Å². The van der Waals surface area contributed by atoms with Crippen molar-refractivity contribution in [3.63, 3.8) is 0 Å². The predicted octanol–water partition coefficient (Wildman–Crippen LogP) is 8.61. The van der Waals surface area contributed by atoms with Crippen molar-refractivity contribution in [1.29, 1.82) is 0 Å². The second-order valence-electron chi connectivity index (χ2n) is 15.9. The first kappa shape index (κ1) is 55.1. The second kappa shape index (κ2) is 35.6. The Kier molecular flexibility index (Phi) is 33.3. The maximum absolute atomic E-state index is 12.8. The molecule has 1 fully saturated rings. The van der Waals surface area contributed by atoms with Gasteiger partial charge in [0.2, 0.25) is 0 Å². The van der Waals surface area contributed by atoms with Crippen LogP contribution in [0.1, 0.15) is 181 Å². The number of allylic oxidation sites excluding steroid dienone is 6. The van der Waals surface area contributed by atoms with Crippen LogP contribution in [0, 0.1) is 0 Å². The third-order valence-corrected chi connectivity index (χ3v) is 11.4. The summed E-state index contributed by atoms with van der Waals surface area (Å²) >= 11 is 0. The topological polar surface area (TPSA) is 210 Å². The molecule has 344 valence electrons. The average molecular weight is 861 g/mol. The van der Waals surface area contributed by atoms with E-state index in [1.165, 1.54) is 57.8 Å². The fourth-order valence-electron chi connectivity index (χ4n) is 6.71. The molecule has 14 heteroatoms. The van der Waals surface area contributed by atoms with Gasteiger partial charge in [0.05, 0.1) is 6.61 Å². The number of aliphatic hydroxyl groups excluding tert-OH is 5. The van der Waals surface area contributed by atoms with Crippen LogP contribution in [-0.2, 0) is 32.7 Å². The Morgan fingerprint density at radius 3 is 1.44 bits per heavy atom. The zero-order chi connectivity index (χ0) is 43.6. The lowest BCUT2D eigenvalue weighted by atomic mass is 9.85. The minimum atomic E-state index is -5.12. The first-order valence-corrected chi connectivity index (χ1v) is 24.3. The summed E-state index contributed by atoms with van der Waals surface area (Å²) in [4.78, 5) is 35.7. The van der Waals surface area contributed by atoms with E-state index in [4.69, 9.17) is 18.5 Å². The monoisotopic (exact) mass is 861 g/mol. The Labute approximate surface area is 355 Å². The molecule has 0 heterocycles. The normalized spacial score (nSPS) is 22.6. The largest absolute Gasteiger partial charge is 0.472 e. The van der Waals surface area contributed by atoms with Crippen molar-refractivity contribution in [3.8, 4) is 0 Å². The van der Waals surface area contributed by atoms with E-state index in [0.29, 0.717) is 12.8 Å². The maximum Gasteiger partial charge on any atom is 0.472 e. The molecule has 1 rings (SSSR count). The van der Waals surface area contributed by atoms with Gasteiger partial charge in [-0.05, 0) is 64.2 Å². The van der Waals surface area contributed by atoms with Crippen LogP contribution >= 0.6 is 7.82 Å². The van der Waals surface area contributed by atoms with E-state index in [0.717, 1.165) is 83.5 Å². The van der Waals surface area contributed by atoms with Crippen LogP contribution in [0.25, 0.3) is 0 Å². The molecule has 0 aromatic heterocycles. The van der Waals surface area contributed by atoms with E-state index in [9.17, 15) is 44.6 Å². The number of carbonyl (C=O) groups is 2. The molecular formula is C45H81O13P. The van der Waals surface area contributed by atoms with Crippen LogP contribution in [-0.4, -0.2) is 98.3 Å². The number of phosphoric acid groups is 1. The first-order chi connectivity index (χ1) is 28.4. The summed E-state index contributed by atoms with van der Waals surface area (Å²) in [6.45, 7) is 3.23. The summed E-state index contributed by atoms with van der Waals surface area (Å²) in [6, 6.07) is 0. The highest BCUT2D eigenvalue weighted by Gasteiger charge is 2.51. The quantitative estimate of drug-likeness (QED) is 0.0150. The number of unbranched alkanes of at least 4 members (excludes halogenated alkanes) is 19. The van der Waals surface area contributed by atoms with Crippen LogP contribution in [0.2, 0.25) is 0 Å². The van der Waals surface area contributed by atoms with Crippen molar-refractivity contribution < 1.29 is 63.1 Å². The third-order valence-electron chi connectivity index (χ3n) is 10.5. The number of rotatable bonds is 37. The molecule has 0 bridgehead atoms. The van der Waals surface area contributed by atoms with Gasteiger partial charge in [0.1, 0.15) is 43.2 Å². The molecular weight excluding hydrogens is 779 g/mol. The Hall–Kier alpha value is -1.93. The van der Waals surface area contributed by atoms with Gasteiger partial charge in [0.15, 0.2) is 6.10 Å². The van der Waals surface area contributed by atoms with Crippen molar-refractivity contribution >= 4 is 19.8 Å². The Morgan fingerprint density at radius 1 is 0.525 bits per heavy atom. The molecule has 0 aliphatic heterocycles. The molecule has 1 saturated carbocycles. The summed E-state index contributed by atoms with van der Waals surface area (Å²) in [6.07, 6.45) is 26.3. The van der Waals surface area contributed by atoms with Gasteiger partial charge < -0.3 is 39.9 Å². The Morgan fingerprint density at radius 2 is 0.932 bits per heavy atom. The molecule has 6 unspecified atom stereocenters. The van der Waals surface area contributed by atoms with Crippen LogP contribution in [0.5, 0.6) is 0 Å². The smallest absolute Gasteiger partial charge is 0.462 e. The lowest BCUT2D eigenvalue weighted by Crippen LogP contribution is -2.64. The fourth-order valence-corrected chi connectivity index (χ4v) is 7.68. The molecule has 0 aromatic carbocycles. The van der Waals surface area contributed by atoms with Gasteiger partial charge in [-0.2, -0.15) is 0 Å². The van der Waals surface area contributed by atoms with Crippen LogP contribution in [0.3, 0.4) is 0 Å². The minimum absolute atomic E-state index is 0.0839. The number of hydrogen-bond acceptors (Lipinski definition) is 12. The molecule has 0 radical (unpaired) electrons. The molecule has 1 aliphatic carbocycles. The maximum atomic E-state index is 12.8. The zero-order valence-corrected chi connectivity index (χ0v) is 37.2. The molecule has 0 spiro atoms. The van der Waals surface area contributed by atoms with Crippen molar-refractivity contribution in [1.82, 2.24) is 0 Å². The lowest BCUT2D eigenvalue weighted by Gasteiger charge is -2.41. The number of esters is 2. The molecule has 1 aliphatic rings. The lowest BCUT2D eigenvalue weighted by molar-refractivity contribution is -0.220. The zero-order valence-electron chi connectivity index (χ0n) is 36.3. The highest BCUT2D eigenvalue weighted by atomic mass is 31.2. The van der Waals surface area contributed by atoms with E-state index in [2.05, 4.69) is 50.3 Å². The molecule has 6 N–H and O–H groups in total. The summed E-state index contributed by atoms with van der Waals surface area (Å²) in [7, 11) is -5.12. The molecule has 8 atom stereocenters. The van der Waals surface area contributed by atoms with Crippen molar-refractivity contribution in [2.45, 2.75) is 224 Å². The number of hydrogen-bond donors (Lipinski definition) is 6. The van der Waals surface area contributed by atoms with E-state index in [1.54, 1.807) is 0 Å². The number of carbonyl (C=O) groups excluding carboxylic acids is 2. The molecule has 13 nitrogen and oxygen atoms in total. The molecule has 59 heavy (non-hydrogen) atoms. The number of aliphatic hydroxyl groups is 5. The summed E-state index contributed by atoms with van der Waals surface area (Å²) in [5, 5.41) is 50.1. The third kappa shape index (κ3) is 28.3. The first-order valence-electron chi connectivity index (χ1n) is 22.8. The van der Waals surface area contributed by atoms with E-state index >= 15 is 0 Å².